The van der Waals surface area contributed by atoms with Gasteiger partial charge in [-0.2, -0.15) is 0 Å². The molecule has 1 aliphatic rings. The molecule has 1 fully saturated rings. The molecule has 3 aromatic heterocycles. The van der Waals surface area contributed by atoms with Crippen molar-refractivity contribution >= 4 is 39.0 Å². The number of hydrogen-bond donors (Lipinski definition) is 0. The fourth-order valence-corrected chi connectivity index (χ4v) is 5.04. The van der Waals surface area contributed by atoms with Crippen molar-refractivity contribution in [1.29, 1.82) is 0 Å². The highest BCUT2D eigenvalue weighted by Crippen LogP contribution is 2.37. The highest BCUT2D eigenvalue weighted by atomic mass is 32.2. The maximum atomic E-state index is 12.9. The summed E-state index contributed by atoms with van der Waals surface area (Å²) in [5, 5.41) is 3.28. The van der Waals surface area contributed by atoms with E-state index in [1.807, 2.05) is 41.1 Å². The lowest BCUT2D eigenvalue weighted by molar-refractivity contribution is 0.618. The number of rotatable bonds is 4. The summed E-state index contributed by atoms with van der Waals surface area (Å²) in [5.74, 6) is 0.500. The number of aromatic nitrogens is 4. The van der Waals surface area contributed by atoms with Crippen molar-refractivity contribution in [3.05, 3.63) is 67.8 Å². The van der Waals surface area contributed by atoms with Gasteiger partial charge >= 0.3 is 0 Å². The molecule has 0 bridgehead atoms. The van der Waals surface area contributed by atoms with E-state index < -0.39 is 0 Å². The molecule has 6 nitrogen and oxygen atoms in total. The van der Waals surface area contributed by atoms with Gasteiger partial charge in [0.25, 0.3) is 11.1 Å². The van der Waals surface area contributed by atoms with Gasteiger partial charge in [-0.15, -0.1) is 11.3 Å². The number of benzene rings is 1. The van der Waals surface area contributed by atoms with E-state index in [2.05, 4.69) is 4.98 Å². The lowest BCUT2D eigenvalue weighted by atomic mass is 10.2. The van der Waals surface area contributed by atoms with Crippen LogP contribution in [0.2, 0.25) is 0 Å². The minimum atomic E-state index is -0.0691. The molecule has 8 heteroatoms. The molecule has 0 amide bonds. The van der Waals surface area contributed by atoms with Crippen LogP contribution in [-0.4, -0.2) is 18.9 Å². The van der Waals surface area contributed by atoms with Crippen molar-refractivity contribution in [2.45, 2.75) is 36.7 Å². The van der Waals surface area contributed by atoms with Crippen LogP contribution in [-0.2, 0) is 5.75 Å². The van der Waals surface area contributed by atoms with E-state index in [1.54, 1.807) is 10.5 Å². The van der Waals surface area contributed by atoms with Crippen molar-refractivity contribution in [2.75, 3.05) is 0 Å². The molecule has 1 aliphatic carbocycles. The van der Waals surface area contributed by atoms with Crippen LogP contribution in [0, 0.1) is 6.92 Å². The van der Waals surface area contributed by atoms with E-state index in [9.17, 15) is 9.59 Å². The maximum absolute atomic E-state index is 12.9. The lowest BCUT2D eigenvalue weighted by Gasteiger charge is -2.12. The van der Waals surface area contributed by atoms with Crippen molar-refractivity contribution in [3.8, 4) is 0 Å². The molecule has 0 spiro atoms. The molecular weight excluding hydrogens is 380 g/mol. The summed E-state index contributed by atoms with van der Waals surface area (Å²) in [6, 6.07) is 9.25. The van der Waals surface area contributed by atoms with E-state index in [0.29, 0.717) is 32.5 Å². The predicted octanol–water partition coefficient (Wildman–Crippen LogP) is 3.40. The fraction of sp³-hybridized carbons (Fsp3) is 0.263. The van der Waals surface area contributed by atoms with Crippen LogP contribution in [0.3, 0.4) is 0 Å². The van der Waals surface area contributed by atoms with Crippen molar-refractivity contribution in [1.82, 2.24) is 18.9 Å². The second kappa shape index (κ2) is 6.31. The standard InChI is InChI=1S/C19H16N4O2S2/c1-11-9-26-18-20-12(8-16(24)22(11)18)10-27-19-21-15-5-3-2-4-14(15)17(25)23(19)13-6-7-13/h2-5,8-9,13H,6-7,10H2,1H3. The summed E-state index contributed by atoms with van der Waals surface area (Å²) in [7, 11) is 0. The van der Waals surface area contributed by atoms with Gasteiger partial charge < -0.3 is 0 Å². The van der Waals surface area contributed by atoms with Crippen LogP contribution < -0.4 is 11.1 Å². The van der Waals surface area contributed by atoms with Crippen molar-refractivity contribution in [3.63, 3.8) is 0 Å². The number of aryl methyl sites for hydroxylation is 1. The Bertz CT molecular complexity index is 1300. The maximum Gasteiger partial charge on any atom is 0.262 e. The van der Waals surface area contributed by atoms with Gasteiger partial charge in [0.15, 0.2) is 10.1 Å². The fourth-order valence-electron chi connectivity index (χ4n) is 3.20. The minimum Gasteiger partial charge on any atom is -0.284 e. The SMILES string of the molecule is Cc1csc2nc(CSc3nc4ccccc4c(=O)n3C3CC3)cc(=O)n12. The summed E-state index contributed by atoms with van der Waals surface area (Å²) in [6.45, 7) is 1.90. The Hall–Kier alpha value is -2.45. The Labute approximate surface area is 162 Å². The van der Waals surface area contributed by atoms with E-state index in [0.717, 1.165) is 18.5 Å². The first-order valence-corrected chi connectivity index (χ1v) is 10.6. The first kappa shape index (κ1) is 16.7. The molecule has 0 N–H and O–H groups in total. The second-order valence-electron chi connectivity index (χ2n) is 6.69. The molecule has 1 saturated carbocycles. The van der Waals surface area contributed by atoms with E-state index >= 15 is 0 Å². The van der Waals surface area contributed by atoms with Crippen molar-refractivity contribution < 1.29 is 0 Å². The first-order valence-electron chi connectivity index (χ1n) is 8.72. The Kier molecular flexibility index (Phi) is 3.91. The molecule has 3 heterocycles. The Balaban J connectivity index is 1.54. The summed E-state index contributed by atoms with van der Waals surface area (Å²) < 4.78 is 3.43. The van der Waals surface area contributed by atoms with Crippen LogP contribution in [0.25, 0.3) is 15.9 Å². The molecule has 5 rings (SSSR count). The average Bonchev–Trinajstić information content (AvgIpc) is 3.42. The van der Waals surface area contributed by atoms with Gasteiger partial charge in [-0.3, -0.25) is 18.6 Å². The van der Waals surface area contributed by atoms with Crippen LogP contribution in [0.15, 0.2) is 50.5 Å². The topological polar surface area (TPSA) is 69.3 Å². The van der Waals surface area contributed by atoms with Gasteiger partial charge in [0.2, 0.25) is 0 Å². The monoisotopic (exact) mass is 396 g/mol. The molecule has 4 aromatic rings. The molecule has 0 atom stereocenters. The van der Waals surface area contributed by atoms with E-state index in [1.165, 1.54) is 23.1 Å². The number of nitrogens with zero attached hydrogens (tertiary/aromatic N) is 4. The Morgan fingerprint density at radius 1 is 1.22 bits per heavy atom. The quantitative estimate of drug-likeness (QED) is 0.391. The zero-order valence-electron chi connectivity index (χ0n) is 14.6. The lowest BCUT2D eigenvalue weighted by Crippen LogP contribution is -2.22. The largest absolute Gasteiger partial charge is 0.284 e. The van der Waals surface area contributed by atoms with Crippen LogP contribution in [0.5, 0.6) is 0 Å². The average molecular weight is 396 g/mol. The molecule has 0 unspecified atom stereocenters. The van der Waals surface area contributed by atoms with E-state index in [4.69, 9.17) is 4.98 Å². The first-order chi connectivity index (χ1) is 13.1. The van der Waals surface area contributed by atoms with Crippen LogP contribution >= 0.6 is 23.1 Å². The van der Waals surface area contributed by atoms with E-state index in [-0.39, 0.29) is 17.2 Å². The van der Waals surface area contributed by atoms with Gasteiger partial charge in [-0.05, 0) is 31.9 Å². The summed E-state index contributed by atoms with van der Waals surface area (Å²) >= 11 is 2.93. The molecule has 0 saturated heterocycles. The summed E-state index contributed by atoms with van der Waals surface area (Å²) in [6.07, 6.45) is 2.01. The molecule has 136 valence electrons. The van der Waals surface area contributed by atoms with Gasteiger partial charge in [-0.25, -0.2) is 9.97 Å². The summed E-state index contributed by atoms with van der Waals surface area (Å²) in [4.78, 5) is 35.3. The third-order valence-electron chi connectivity index (χ3n) is 4.67. The highest BCUT2D eigenvalue weighted by molar-refractivity contribution is 7.98. The third-order valence-corrected chi connectivity index (χ3v) is 6.60. The number of para-hydroxylation sites is 1. The highest BCUT2D eigenvalue weighted by Gasteiger charge is 2.28. The number of hydrogen-bond acceptors (Lipinski definition) is 6. The smallest absolute Gasteiger partial charge is 0.262 e. The van der Waals surface area contributed by atoms with Gasteiger partial charge in [0.1, 0.15) is 0 Å². The number of thioether (sulfide) groups is 1. The summed E-state index contributed by atoms with van der Waals surface area (Å²) in [5.41, 5.74) is 2.25. The van der Waals surface area contributed by atoms with Gasteiger partial charge in [-0.1, -0.05) is 23.9 Å². The third kappa shape index (κ3) is 2.89. The number of fused-ring (bicyclic) bond motifs is 2. The molecule has 1 aromatic carbocycles. The van der Waals surface area contributed by atoms with Crippen LogP contribution in [0.1, 0.15) is 30.3 Å². The predicted molar refractivity (Wildman–Crippen MR) is 108 cm³/mol. The Morgan fingerprint density at radius 3 is 2.85 bits per heavy atom. The van der Waals surface area contributed by atoms with Crippen molar-refractivity contribution in [2.24, 2.45) is 0 Å². The Morgan fingerprint density at radius 2 is 2.04 bits per heavy atom. The normalized spacial score (nSPS) is 14.3. The van der Waals surface area contributed by atoms with Gasteiger partial charge in [0, 0.05) is 28.9 Å². The molecule has 27 heavy (non-hydrogen) atoms. The zero-order chi connectivity index (χ0) is 18.5. The molecular formula is C19H16N4O2S2. The van der Waals surface area contributed by atoms with Crippen LogP contribution in [0.4, 0.5) is 0 Å². The number of thiazole rings is 1. The molecule has 0 radical (unpaired) electrons. The molecule has 0 aliphatic heterocycles. The minimum absolute atomic E-state index is 0.0166. The second-order valence-corrected chi connectivity index (χ2v) is 8.47. The zero-order valence-corrected chi connectivity index (χ0v) is 16.2. The van der Waals surface area contributed by atoms with Gasteiger partial charge in [0.05, 0.1) is 16.6 Å².